The molecule has 1 aliphatic rings. The van der Waals surface area contributed by atoms with Crippen molar-refractivity contribution >= 4 is 17.7 Å². The lowest BCUT2D eigenvalue weighted by Gasteiger charge is -2.23. The minimum Gasteiger partial charge on any atom is -0.481 e. The van der Waals surface area contributed by atoms with Crippen LogP contribution in [0.5, 0.6) is 0 Å². The normalized spacial score (nSPS) is 22.6. The van der Waals surface area contributed by atoms with E-state index < -0.39 is 11.9 Å². The van der Waals surface area contributed by atoms with Crippen molar-refractivity contribution in [1.29, 1.82) is 0 Å². The van der Waals surface area contributed by atoms with Crippen LogP contribution in [0.25, 0.3) is 0 Å². The Kier molecular flexibility index (Phi) is 3.46. The van der Waals surface area contributed by atoms with Gasteiger partial charge in [0.25, 0.3) is 0 Å². The molecule has 2 unspecified atom stereocenters. The summed E-state index contributed by atoms with van der Waals surface area (Å²) in [6, 6.07) is -0.568. The van der Waals surface area contributed by atoms with Gasteiger partial charge in [-0.2, -0.15) is 5.10 Å². The Morgan fingerprint density at radius 1 is 1.53 bits per heavy atom. The summed E-state index contributed by atoms with van der Waals surface area (Å²) in [5.74, 6) is -1.33. The number of carbonyl (C=O) groups is 2. The number of hydrogen-bond acceptors (Lipinski definition) is 3. The standard InChI is InChI=1S/C12H18N4O3/c1-7-10(6-15(3)14-7)13-12(19)16-5-4-9(8(16)2)11(17)18/h6,8-9H,4-5H2,1-3H3,(H,13,19)(H,17,18). The lowest BCUT2D eigenvalue weighted by molar-refractivity contribution is -0.142. The van der Waals surface area contributed by atoms with Gasteiger partial charge in [0, 0.05) is 25.8 Å². The number of amides is 2. The smallest absolute Gasteiger partial charge is 0.322 e. The zero-order valence-corrected chi connectivity index (χ0v) is 11.3. The molecule has 0 radical (unpaired) electrons. The average molecular weight is 266 g/mol. The number of aromatic nitrogens is 2. The van der Waals surface area contributed by atoms with Crippen molar-refractivity contribution in [3.05, 3.63) is 11.9 Å². The molecule has 0 saturated carbocycles. The minimum absolute atomic E-state index is 0.271. The second-order valence-corrected chi connectivity index (χ2v) is 4.90. The molecule has 7 nitrogen and oxygen atoms in total. The summed E-state index contributed by atoms with van der Waals surface area (Å²) in [5, 5.41) is 16.0. The van der Waals surface area contributed by atoms with Gasteiger partial charge >= 0.3 is 12.0 Å². The number of carboxylic acids is 1. The fourth-order valence-electron chi connectivity index (χ4n) is 2.47. The summed E-state index contributed by atoms with van der Waals surface area (Å²) in [4.78, 5) is 24.7. The van der Waals surface area contributed by atoms with Gasteiger partial charge in [0.15, 0.2) is 0 Å². The number of rotatable bonds is 2. The number of carbonyl (C=O) groups excluding carboxylic acids is 1. The Morgan fingerprint density at radius 2 is 2.21 bits per heavy atom. The van der Waals surface area contributed by atoms with E-state index in [0.29, 0.717) is 18.7 Å². The molecular weight excluding hydrogens is 248 g/mol. The van der Waals surface area contributed by atoms with E-state index in [9.17, 15) is 9.59 Å². The van der Waals surface area contributed by atoms with Gasteiger partial charge in [0.2, 0.25) is 0 Å². The first kappa shape index (κ1) is 13.4. The molecule has 0 bridgehead atoms. The van der Waals surface area contributed by atoms with Gasteiger partial charge in [-0.05, 0) is 20.3 Å². The predicted molar refractivity (Wildman–Crippen MR) is 68.9 cm³/mol. The molecule has 7 heteroatoms. The number of carboxylic acid groups (broad SMARTS) is 1. The molecule has 2 atom stereocenters. The maximum Gasteiger partial charge on any atom is 0.322 e. The van der Waals surface area contributed by atoms with Gasteiger partial charge in [0.05, 0.1) is 17.3 Å². The zero-order valence-electron chi connectivity index (χ0n) is 11.3. The van der Waals surface area contributed by atoms with Gasteiger partial charge < -0.3 is 15.3 Å². The highest BCUT2D eigenvalue weighted by molar-refractivity contribution is 5.90. The number of anilines is 1. The summed E-state index contributed by atoms with van der Waals surface area (Å²) in [6.45, 7) is 4.04. The maximum atomic E-state index is 12.1. The van der Waals surface area contributed by atoms with Crippen LogP contribution in [0.4, 0.5) is 10.5 Å². The van der Waals surface area contributed by atoms with Crippen LogP contribution in [0.1, 0.15) is 19.0 Å². The summed E-state index contributed by atoms with van der Waals surface area (Å²) in [5.41, 5.74) is 1.39. The molecular formula is C12H18N4O3. The van der Waals surface area contributed by atoms with Crippen molar-refractivity contribution in [3.63, 3.8) is 0 Å². The Hall–Kier alpha value is -2.05. The van der Waals surface area contributed by atoms with E-state index in [2.05, 4.69) is 10.4 Å². The molecule has 0 aromatic carbocycles. The van der Waals surface area contributed by atoms with Crippen molar-refractivity contribution in [2.45, 2.75) is 26.3 Å². The molecule has 2 heterocycles. The molecule has 1 aromatic rings. The van der Waals surface area contributed by atoms with E-state index in [4.69, 9.17) is 5.11 Å². The van der Waals surface area contributed by atoms with Gasteiger partial charge in [-0.1, -0.05) is 0 Å². The Labute approximate surface area is 111 Å². The summed E-state index contributed by atoms with van der Waals surface area (Å²) in [6.07, 6.45) is 2.22. The van der Waals surface area contributed by atoms with Gasteiger partial charge in [-0.3, -0.25) is 9.48 Å². The van der Waals surface area contributed by atoms with Crippen LogP contribution in [0.2, 0.25) is 0 Å². The van der Waals surface area contributed by atoms with Crippen LogP contribution in [0, 0.1) is 12.8 Å². The molecule has 0 spiro atoms. The molecule has 0 aliphatic carbocycles. The van der Waals surface area contributed by atoms with Crippen LogP contribution in [0.15, 0.2) is 6.20 Å². The second kappa shape index (κ2) is 4.91. The summed E-state index contributed by atoms with van der Waals surface area (Å²) >= 11 is 0. The molecule has 1 saturated heterocycles. The van der Waals surface area contributed by atoms with Gasteiger partial charge in [-0.25, -0.2) is 4.79 Å². The first-order valence-corrected chi connectivity index (χ1v) is 6.21. The van der Waals surface area contributed by atoms with E-state index in [1.165, 1.54) is 0 Å². The van der Waals surface area contributed by atoms with E-state index in [-0.39, 0.29) is 12.1 Å². The summed E-state index contributed by atoms with van der Waals surface area (Å²) in [7, 11) is 1.78. The second-order valence-electron chi connectivity index (χ2n) is 4.90. The van der Waals surface area contributed by atoms with E-state index in [1.807, 2.05) is 6.92 Å². The quantitative estimate of drug-likeness (QED) is 0.837. The third-order valence-corrected chi connectivity index (χ3v) is 3.59. The highest BCUT2D eigenvalue weighted by Crippen LogP contribution is 2.25. The molecule has 1 aliphatic heterocycles. The fraction of sp³-hybridized carbons (Fsp3) is 0.583. The van der Waals surface area contributed by atoms with Crippen LogP contribution in [-0.2, 0) is 11.8 Å². The number of nitrogens with zero attached hydrogens (tertiary/aromatic N) is 3. The highest BCUT2D eigenvalue weighted by atomic mass is 16.4. The van der Waals surface area contributed by atoms with Crippen molar-refractivity contribution in [2.75, 3.05) is 11.9 Å². The zero-order chi connectivity index (χ0) is 14.2. The monoisotopic (exact) mass is 266 g/mol. The molecule has 1 aromatic heterocycles. The van der Waals surface area contributed by atoms with Gasteiger partial charge in [0.1, 0.15) is 0 Å². The van der Waals surface area contributed by atoms with E-state index >= 15 is 0 Å². The molecule has 2 N–H and O–H groups in total. The number of likely N-dealkylation sites (tertiary alicyclic amines) is 1. The van der Waals surface area contributed by atoms with Crippen molar-refractivity contribution in [1.82, 2.24) is 14.7 Å². The first-order valence-electron chi connectivity index (χ1n) is 6.21. The van der Waals surface area contributed by atoms with Crippen molar-refractivity contribution in [3.8, 4) is 0 Å². The molecule has 104 valence electrons. The fourth-order valence-corrected chi connectivity index (χ4v) is 2.47. The van der Waals surface area contributed by atoms with E-state index in [0.717, 1.165) is 5.69 Å². The van der Waals surface area contributed by atoms with E-state index in [1.54, 1.807) is 29.7 Å². The summed E-state index contributed by atoms with van der Waals surface area (Å²) < 4.78 is 1.62. The number of aliphatic carboxylic acids is 1. The molecule has 2 rings (SSSR count). The third-order valence-electron chi connectivity index (χ3n) is 3.59. The molecule has 2 amide bonds. The minimum atomic E-state index is -0.847. The predicted octanol–water partition coefficient (Wildman–Crippen LogP) is 1.06. The molecule has 19 heavy (non-hydrogen) atoms. The Morgan fingerprint density at radius 3 is 2.68 bits per heavy atom. The largest absolute Gasteiger partial charge is 0.481 e. The molecule has 1 fully saturated rings. The van der Waals surface area contributed by atoms with Crippen LogP contribution in [-0.4, -0.2) is 44.4 Å². The van der Waals surface area contributed by atoms with Crippen molar-refractivity contribution < 1.29 is 14.7 Å². The van der Waals surface area contributed by atoms with Crippen LogP contribution >= 0.6 is 0 Å². The highest BCUT2D eigenvalue weighted by Gasteiger charge is 2.38. The Bertz CT molecular complexity index is 511. The van der Waals surface area contributed by atoms with Crippen molar-refractivity contribution in [2.24, 2.45) is 13.0 Å². The first-order chi connectivity index (χ1) is 8.90. The average Bonchev–Trinajstić information content (AvgIpc) is 2.82. The number of urea groups is 1. The lowest BCUT2D eigenvalue weighted by atomic mass is 10.0. The number of aryl methyl sites for hydroxylation is 2. The third kappa shape index (κ3) is 2.54. The van der Waals surface area contributed by atoms with Crippen LogP contribution in [0.3, 0.4) is 0 Å². The number of hydrogen-bond donors (Lipinski definition) is 2. The van der Waals surface area contributed by atoms with Crippen LogP contribution < -0.4 is 5.32 Å². The Balaban J connectivity index is 2.05. The van der Waals surface area contributed by atoms with Gasteiger partial charge in [-0.15, -0.1) is 0 Å². The lowest BCUT2D eigenvalue weighted by Crippen LogP contribution is -2.40. The number of nitrogens with one attached hydrogen (secondary N) is 1. The maximum absolute atomic E-state index is 12.1. The SMILES string of the molecule is Cc1nn(C)cc1NC(=O)N1CCC(C(=O)O)C1C. The topological polar surface area (TPSA) is 87.5 Å².